The van der Waals surface area contributed by atoms with Crippen molar-refractivity contribution >= 4 is 11.0 Å². The van der Waals surface area contributed by atoms with Crippen LogP contribution in [0.2, 0.25) is 0 Å². The van der Waals surface area contributed by atoms with Crippen molar-refractivity contribution in [3.05, 3.63) is 30.1 Å². The van der Waals surface area contributed by atoms with Crippen LogP contribution < -0.4 is 4.98 Å². The summed E-state index contributed by atoms with van der Waals surface area (Å²) in [6.45, 7) is 1.52. The van der Waals surface area contributed by atoms with Gasteiger partial charge in [-0.2, -0.15) is 0 Å². The number of rotatable bonds is 1. The molecule has 0 saturated carbocycles. The monoisotopic (exact) mass is 533 g/mol. The fraction of sp³-hybridized carbons (Fsp3) is 0.364. The Hall–Kier alpha value is 0.104. The molecule has 1 fully saturated rings. The maximum Gasteiger partial charge on any atom is 0.183 e. The van der Waals surface area contributed by atoms with E-state index in [4.69, 9.17) is 9.47 Å². The van der Waals surface area contributed by atoms with Crippen molar-refractivity contribution in [1.29, 1.82) is 0 Å². The molecule has 88 valence electrons. The minimum Gasteiger partial charge on any atom is -0.443 e. The average molecular weight is 535 g/mol. The largest absolute Gasteiger partial charge is 0.443 e. The van der Waals surface area contributed by atoms with Crippen molar-refractivity contribution in [3.63, 3.8) is 0 Å². The third kappa shape index (κ3) is 3.31. The van der Waals surface area contributed by atoms with E-state index in [1.807, 2.05) is 18.2 Å². The Balaban J connectivity index is 0.000000722. The Labute approximate surface area is 133 Å². The molecule has 0 atom stereocenters. The zero-order chi connectivity index (χ0) is 10.1. The predicted molar refractivity (Wildman–Crippen MR) is 54.3 cm³/mol. The first-order valence-electron chi connectivity index (χ1n) is 5.04. The molecule has 0 bridgehead atoms. The number of ether oxygens (including phenoxy) is 2. The molecule has 4 nitrogen and oxygen atoms in total. The molecule has 0 unspecified atom stereocenters. The van der Waals surface area contributed by atoms with Crippen LogP contribution in [0.4, 0.5) is 0 Å². The van der Waals surface area contributed by atoms with Crippen molar-refractivity contribution in [2.45, 2.75) is 12.7 Å². The number of hydrogen-bond donors (Lipinski definition) is 0. The van der Waals surface area contributed by atoms with Gasteiger partial charge < -0.3 is 19.4 Å². The molecule has 0 spiro atoms. The number of nitrogens with zero attached hydrogens (tertiary/aromatic N) is 2. The van der Waals surface area contributed by atoms with Gasteiger partial charge in [-0.25, -0.2) is 0 Å². The van der Waals surface area contributed by atoms with Crippen LogP contribution in [0.3, 0.4) is 0 Å². The molecule has 0 amide bonds. The summed E-state index contributed by atoms with van der Waals surface area (Å²) in [5.74, 6) is 0. The molecule has 1 aromatic heterocycles. The number of hydrogen-bond acceptors (Lipinski definition) is 3. The Kier molecular flexibility index (Phi) is 6.14. The molecule has 1 aliphatic heterocycles. The topological polar surface area (TPSA) is 45.5 Å². The van der Waals surface area contributed by atoms with Gasteiger partial charge in [0, 0.05) is 52.6 Å². The number of benzene rings is 1. The Morgan fingerprint density at radius 1 is 1.24 bits per heavy atom. The van der Waals surface area contributed by atoms with E-state index >= 15 is 0 Å². The predicted octanol–water partition coefficient (Wildman–Crippen LogP) is 1.62. The summed E-state index contributed by atoms with van der Waals surface area (Å²) < 4.78 is 11.0. The van der Waals surface area contributed by atoms with E-state index in [9.17, 15) is 0 Å². The van der Waals surface area contributed by atoms with Gasteiger partial charge in [0.25, 0.3) is 0 Å². The van der Waals surface area contributed by atoms with Crippen LogP contribution in [0.5, 0.6) is 0 Å². The van der Waals surface area contributed by atoms with E-state index in [-0.39, 0.29) is 53.3 Å². The Bertz CT molecular complexity index is 471. The number of imidazole rings is 1. The van der Waals surface area contributed by atoms with Crippen LogP contribution in [0.15, 0.2) is 24.5 Å². The van der Waals surface area contributed by atoms with Gasteiger partial charge in [0.2, 0.25) is 0 Å². The van der Waals surface area contributed by atoms with Crippen LogP contribution in [0.25, 0.3) is 11.0 Å². The minimum atomic E-state index is -0.236. The second-order valence-corrected chi connectivity index (χ2v) is 3.55. The van der Waals surface area contributed by atoms with Crippen molar-refractivity contribution < 1.29 is 56.5 Å². The van der Waals surface area contributed by atoms with Crippen LogP contribution in [0, 0.1) is 14.3 Å². The molecule has 0 aliphatic carbocycles. The molecule has 1 saturated heterocycles. The van der Waals surface area contributed by atoms with Crippen molar-refractivity contribution in [2.75, 3.05) is 13.2 Å². The molecular weight excluding hydrogens is 524 g/mol. The summed E-state index contributed by atoms with van der Waals surface area (Å²) in [7, 11) is 0. The fourth-order valence-corrected chi connectivity index (χ4v) is 1.73. The number of aromatic nitrogens is 2. The SMILES string of the molecule is [Am].[Y].c1nc2ccc(C3OCCCO3)cc2[n-]1. The molecule has 0 N–H and O–H groups in total. The third-order valence-electron chi connectivity index (χ3n) is 2.49. The first kappa shape index (κ1) is 15.2. The Morgan fingerprint density at radius 2 is 2.00 bits per heavy atom. The second-order valence-electron chi connectivity index (χ2n) is 3.55. The van der Waals surface area contributed by atoms with E-state index in [1.165, 1.54) is 0 Å². The van der Waals surface area contributed by atoms with E-state index in [2.05, 4.69) is 9.97 Å². The summed E-state index contributed by atoms with van der Waals surface area (Å²) in [5.41, 5.74) is 2.82. The number of fused-ring (bicyclic) bond motifs is 1. The summed E-state index contributed by atoms with van der Waals surface area (Å²) >= 11 is 0. The smallest absolute Gasteiger partial charge is 0.183 e. The van der Waals surface area contributed by atoms with Gasteiger partial charge in [0.05, 0.1) is 13.2 Å². The molecule has 6 heteroatoms. The molecule has 3 rings (SSSR count). The summed E-state index contributed by atoms with van der Waals surface area (Å²) in [6, 6.07) is 5.89. The maximum atomic E-state index is 5.52. The average Bonchev–Trinajstić information content (AvgIpc) is 2.77. The molecule has 1 aliphatic rings. The third-order valence-corrected chi connectivity index (χ3v) is 2.49. The first-order valence-corrected chi connectivity index (χ1v) is 5.04. The maximum absolute atomic E-state index is 5.52. The van der Waals surface area contributed by atoms with E-state index in [0.29, 0.717) is 0 Å². The summed E-state index contributed by atoms with van der Waals surface area (Å²) in [6.07, 6.45) is 2.30. The van der Waals surface area contributed by atoms with Gasteiger partial charge in [-0.3, -0.25) is 0 Å². The van der Waals surface area contributed by atoms with Crippen LogP contribution in [-0.4, -0.2) is 18.2 Å². The molecule has 1 aromatic carbocycles. The Morgan fingerprint density at radius 3 is 2.76 bits per heavy atom. The molecule has 2 aromatic rings. The van der Waals surface area contributed by atoms with Crippen molar-refractivity contribution in [3.8, 4) is 0 Å². The molecular formula is C11H11AmN2O2Y-. The summed E-state index contributed by atoms with van der Waals surface area (Å²) in [5, 5.41) is 0. The standard InChI is InChI=1S/C11H11N2O2.Am.Y/c1-4-14-11(15-5-1)8-2-3-9-10(6-8)13-7-12-9;;/h2-3,6-7,11H,1,4-5H2;;/q-1;;. The van der Waals surface area contributed by atoms with Crippen molar-refractivity contribution in [2.24, 2.45) is 0 Å². The zero-order valence-corrected chi connectivity index (χ0v) is 15.2. The summed E-state index contributed by atoms with van der Waals surface area (Å²) in [4.78, 5) is 8.26. The van der Waals surface area contributed by atoms with Gasteiger partial charge in [0.1, 0.15) is 0 Å². The van der Waals surface area contributed by atoms with Crippen LogP contribution in [0.1, 0.15) is 18.3 Å². The van der Waals surface area contributed by atoms with Gasteiger partial charge in [-0.1, -0.05) is 24.5 Å². The molecule has 17 heavy (non-hydrogen) atoms. The first-order chi connectivity index (χ1) is 7.43. The van der Waals surface area contributed by atoms with E-state index in [1.54, 1.807) is 6.33 Å². The van der Waals surface area contributed by atoms with Gasteiger partial charge in [-0.15, -0.1) is 0 Å². The van der Waals surface area contributed by atoms with E-state index < -0.39 is 0 Å². The van der Waals surface area contributed by atoms with Crippen LogP contribution in [-0.2, 0) is 42.2 Å². The van der Waals surface area contributed by atoms with Gasteiger partial charge in [-0.05, 0) is 17.5 Å². The van der Waals surface area contributed by atoms with Crippen LogP contribution >= 0.6 is 0 Å². The van der Waals surface area contributed by atoms with E-state index in [0.717, 1.165) is 36.2 Å². The van der Waals surface area contributed by atoms with Gasteiger partial charge in [0.15, 0.2) is 6.29 Å². The van der Waals surface area contributed by atoms with Crippen molar-refractivity contribution in [1.82, 2.24) is 9.97 Å². The molecule has 2 heterocycles. The molecule has 2 radical (unpaired) electrons. The normalized spacial score (nSPS) is 16.2. The fourth-order valence-electron chi connectivity index (χ4n) is 1.73. The second kappa shape index (κ2) is 6.88. The quantitative estimate of drug-likeness (QED) is 0.558. The van der Waals surface area contributed by atoms with Gasteiger partial charge >= 0.3 is 0 Å². The zero-order valence-electron chi connectivity index (χ0n) is 9.17. The minimum absolute atomic E-state index is 0.